The first kappa shape index (κ1) is 19.7. The molecule has 0 aliphatic rings. The Morgan fingerprint density at radius 3 is 2.93 bits per heavy atom. The van der Waals surface area contributed by atoms with Crippen molar-refractivity contribution in [3.05, 3.63) is 34.6 Å². The van der Waals surface area contributed by atoms with Gasteiger partial charge in [-0.3, -0.25) is 4.79 Å². The number of carboxylic acid groups (broad SMARTS) is 1. The predicted octanol–water partition coefficient (Wildman–Crippen LogP) is 2.41. The van der Waals surface area contributed by atoms with Crippen LogP contribution < -0.4 is 9.47 Å². The van der Waals surface area contributed by atoms with Crippen LogP contribution in [0, 0.1) is 11.7 Å². The quantitative estimate of drug-likeness (QED) is 0.517. The van der Waals surface area contributed by atoms with Gasteiger partial charge in [0.1, 0.15) is 11.6 Å². The van der Waals surface area contributed by atoms with E-state index in [2.05, 4.69) is 36.5 Å². The molecule has 0 saturated heterocycles. The van der Waals surface area contributed by atoms with Crippen molar-refractivity contribution in [3.8, 4) is 23.2 Å². The smallest absolute Gasteiger partial charge is 0.327 e. The molecule has 12 heteroatoms. The Hall–Kier alpha value is -3.02. The molecule has 0 fully saturated rings. The molecular formula is C16H15BrFN5O5. The SMILES string of the molecule is C[C@@H](COc1cc(-c2nnn(CC(=O)O)n2)on1)COc1cc(F)ccc1Br. The first-order chi connectivity index (χ1) is 13.4. The lowest BCUT2D eigenvalue weighted by Gasteiger charge is -2.14. The largest absolute Gasteiger partial charge is 0.492 e. The molecule has 2 aromatic heterocycles. The van der Waals surface area contributed by atoms with Crippen LogP contribution in [0.3, 0.4) is 0 Å². The summed E-state index contributed by atoms with van der Waals surface area (Å²) in [6.45, 7) is 2.06. The number of hydrogen-bond acceptors (Lipinski definition) is 8. The third kappa shape index (κ3) is 5.25. The van der Waals surface area contributed by atoms with Gasteiger partial charge in [-0.25, -0.2) is 4.39 Å². The molecule has 0 radical (unpaired) electrons. The summed E-state index contributed by atoms with van der Waals surface area (Å²) in [5.74, 6) is -0.590. The average molecular weight is 456 g/mol. The van der Waals surface area contributed by atoms with E-state index in [1.54, 1.807) is 6.07 Å². The van der Waals surface area contributed by atoms with E-state index >= 15 is 0 Å². The Labute approximate surface area is 166 Å². The molecule has 1 N–H and O–H groups in total. The standard InChI is InChI=1S/C16H15BrFN5O5/c1-9(7-26-12-4-10(18)2-3-11(12)17)8-27-14-5-13(28-21-14)16-19-22-23(20-16)6-15(24)25/h2-5,9H,6-8H2,1H3,(H,24,25)/t9-/m1/s1. The third-order valence-corrected chi connectivity index (χ3v) is 4.03. The summed E-state index contributed by atoms with van der Waals surface area (Å²) in [4.78, 5) is 11.6. The summed E-state index contributed by atoms with van der Waals surface area (Å²) in [5.41, 5.74) is 0. The van der Waals surface area contributed by atoms with Gasteiger partial charge in [0.15, 0.2) is 6.54 Å². The Bertz CT molecular complexity index is 963. The van der Waals surface area contributed by atoms with Crippen LogP contribution in [-0.4, -0.2) is 49.7 Å². The number of aromatic nitrogens is 5. The normalized spacial score (nSPS) is 12.0. The van der Waals surface area contributed by atoms with E-state index in [9.17, 15) is 9.18 Å². The lowest BCUT2D eigenvalue weighted by molar-refractivity contribution is -0.138. The Balaban J connectivity index is 1.50. The van der Waals surface area contributed by atoms with E-state index in [0.29, 0.717) is 16.8 Å². The van der Waals surface area contributed by atoms with Crippen molar-refractivity contribution < 1.29 is 28.3 Å². The van der Waals surface area contributed by atoms with E-state index in [4.69, 9.17) is 19.1 Å². The molecule has 148 valence electrons. The second-order valence-electron chi connectivity index (χ2n) is 5.87. The van der Waals surface area contributed by atoms with Gasteiger partial charge in [0.05, 0.1) is 23.8 Å². The highest BCUT2D eigenvalue weighted by Gasteiger charge is 2.15. The predicted molar refractivity (Wildman–Crippen MR) is 95.2 cm³/mol. The highest BCUT2D eigenvalue weighted by Crippen LogP contribution is 2.26. The monoisotopic (exact) mass is 455 g/mol. The van der Waals surface area contributed by atoms with Crippen molar-refractivity contribution in [2.45, 2.75) is 13.5 Å². The number of tetrazole rings is 1. The second-order valence-corrected chi connectivity index (χ2v) is 6.72. The van der Waals surface area contributed by atoms with Gasteiger partial charge in [0.2, 0.25) is 11.6 Å². The van der Waals surface area contributed by atoms with E-state index in [-0.39, 0.29) is 35.8 Å². The maximum absolute atomic E-state index is 13.3. The molecule has 2 heterocycles. The maximum Gasteiger partial charge on any atom is 0.327 e. The summed E-state index contributed by atoms with van der Waals surface area (Å²) in [5, 5.41) is 23.6. The first-order valence-electron chi connectivity index (χ1n) is 8.08. The number of hydrogen-bond donors (Lipinski definition) is 1. The zero-order valence-electron chi connectivity index (χ0n) is 14.6. The Morgan fingerprint density at radius 1 is 1.36 bits per heavy atom. The molecule has 3 aromatic rings. The van der Waals surface area contributed by atoms with Crippen molar-refractivity contribution in [1.29, 1.82) is 0 Å². The Kier molecular flexibility index (Phi) is 6.19. The molecule has 3 rings (SSSR count). The summed E-state index contributed by atoms with van der Waals surface area (Å²) >= 11 is 3.30. The van der Waals surface area contributed by atoms with Gasteiger partial charge in [-0.05, 0) is 38.4 Å². The number of rotatable bonds is 9. The number of carboxylic acids is 1. The molecule has 0 aliphatic heterocycles. The number of ether oxygens (including phenoxy) is 2. The highest BCUT2D eigenvalue weighted by atomic mass is 79.9. The molecule has 1 atom stereocenters. The number of aliphatic carboxylic acids is 1. The number of halogens is 2. The van der Waals surface area contributed by atoms with E-state index in [1.807, 2.05) is 6.92 Å². The van der Waals surface area contributed by atoms with Crippen molar-refractivity contribution in [3.63, 3.8) is 0 Å². The van der Waals surface area contributed by atoms with Crippen molar-refractivity contribution in [2.75, 3.05) is 13.2 Å². The molecule has 28 heavy (non-hydrogen) atoms. The fourth-order valence-corrected chi connectivity index (χ4v) is 2.42. The fraction of sp³-hybridized carbons (Fsp3) is 0.312. The topological polar surface area (TPSA) is 125 Å². The summed E-state index contributed by atoms with van der Waals surface area (Å²) in [7, 11) is 0. The third-order valence-electron chi connectivity index (χ3n) is 3.37. The minimum atomic E-state index is -1.09. The van der Waals surface area contributed by atoms with Crippen LogP contribution in [0.2, 0.25) is 0 Å². The molecule has 1 aromatic carbocycles. The molecule has 0 amide bonds. The maximum atomic E-state index is 13.3. The molecule has 0 bridgehead atoms. The van der Waals surface area contributed by atoms with Crippen LogP contribution in [0.4, 0.5) is 4.39 Å². The van der Waals surface area contributed by atoms with Crippen molar-refractivity contribution >= 4 is 21.9 Å². The van der Waals surface area contributed by atoms with Crippen molar-refractivity contribution in [2.24, 2.45) is 5.92 Å². The lowest BCUT2D eigenvalue weighted by Crippen LogP contribution is -2.17. The molecular weight excluding hydrogens is 441 g/mol. The van der Waals surface area contributed by atoms with E-state index in [0.717, 1.165) is 4.80 Å². The van der Waals surface area contributed by atoms with E-state index in [1.165, 1.54) is 18.2 Å². The van der Waals surface area contributed by atoms with Gasteiger partial charge in [0, 0.05) is 12.0 Å². The number of carbonyl (C=O) groups is 1. The molecule has 0 saturated carbocycles. The highest BCUT2D eigenvalue weighted by molar-refractivity contribution is 9.10. The first-order valence-corrected chi connectivity index (χ1v) is 8.87. The zero-order chi connectivity index (χ0) is 20.1. The van der Waals surface area contributed by atoms with Gasteiger partial charge < -0.3 is 19.1 Å². The molecule has 0 unspecified atom stereocenters. The summed E-state index contributed by atoms with van der Waals surface area (Å²) in [6, 6.07) is 5.68. The molecule has 10 nitrogen and oxygen atoms in total. The van der Waals surface area contributed by atoms with Crippen LogP contribution in [0.25, 0.3) is 11.6 Å². The van der Waals surface area contributed by atoms with Crippen LogP contribution in [0.1, 0.15) is 6.92 Å². The number of nitrogens with zero attached hydrogens (tertiary/aromatic N) is 5. The minimum Gasteiger partial charge on any atom is -0.492 e. The number of benzene rings is 1. The lowest BCUT2D eigenvalue weighted by atomic mass is 10.2. The van der Waals surface area contributed by atoms with E-state index < -0.39 is 12.5 Å². The summed E-state index contributed by atoms with van der Waals surface area (Å²) in [6.07, 6.45) is 0. The van der Waals surface area contributed by atoms with Crippen LogP contribution >= 0.6 is 15.9 Å². The van der Waals surface area contributed by atoms with Crippen LogP contribution in [0.5, 0.6) is 11.6 Å². The van der Waals surface area contributed by atoms with Gasteiger partial charge in [-0.2, -0.15) is 4.80 Å². The minimum absolute atomic E-state index is 0.0233. The van der Waals surface area contributed by atoms with Crippen LogP contribution in [-0.2, 0) is 11.3 Å². The van der Waals surface area contributed by atoms with Gasteiger partial charge in [0.25, 0.3) is 5.88 Å². The van der Waals surface area contributed by atoms with Gasteiger partial charge in [-0.1, -0.05) is 6.92 Å². The second kappa shape index (κ2) is 8.78. The van der Waals surface area contributed by atoms with Gasteiger partial charge >= 0.3 is 5.97 Å². The molecule has 0 spiro atoms. The van der Waals surface area contributed by atoms with Crippen molar-refractivity contribution in [1.82, 2.24) is 25.4 Å². The van der Waals surface area contributed by atoms with Gasteiger partial charge in [-0.15, -0.1) is 10.2 Å². The molecule has 0 aliphatic carbocycles. The average Bonchev–Trinajstić information content (AvgIpc) is 3.29. The fourth-order valence-electron chi connectivity index (χ4n) is 2.06. The van der Waals surface area contributed by atoms with Crippen LogP contribution in [0.15, 0.2) is 33.3 Å². The Morgan fingerprint density at radius 2 is 2.14 bits per heavy atom. The summed E-state index contributed by atoms with van der Waals surface area (Å²) < 4.78 is 30.1. The zero-order valence-corrected chi connectivity index (χ0v) is 16.2.